The lowest BCUT2D eigenvalue weighted by Gasteiger charge is -2.15. The normalized spacial score (nSPS) is 10.5. The molecule has 1 N–H and O–H groups in total. The molecular weight excluding hydrogens is 378 g/mol. The van der Waals surface area contributed by atoms with Crippen LogP contribution >= 0.6 is 12.4 Å². The molecule has 0 heterocycles. The molecule has 3 heteroatoms. The predicted molar refractivity (Wildman–Crippen MR) is 124 cm³/mol. The second kappa shape index (κ2) is 10.1. The average Bonchev–Trinajstić information content (AvgIpc) is 2.75. The summed E-state index contributed by atoms with van der Waals surface area (Å²) >= 11 is 0. The molecule has 29 heavy (non-hydrogen) atoms. The van der Waals surface area contributed by atoms with Crippen molar-refractivity contribution in [2.24, 2.45) is 0 Å². The van der Waals surface area contributed by atoms with E-state index in [9.17, 15) is 0 Å². The summed E-state index contributed by atoms with van der Waals surface area (Å²) in [6.07, 6.45) is 0. The summed E-state index contributed by atoms with van der Waals surface area (Å²) < 4.78 is 6.23. The van der Waals surface area contributed by atoms with Gasteiger partial charge in [0.25, 0.3) is 0 Å². The second-order valence-electron chi connectivity index (χ2n) is 7.13. The molecule has 148 valence electrons. The molecule has 4 aromatic carbocycles. The van der Waals surface area contributed by atoms with E-state index in [-0.39, 0.29) is 12.4 Å². The summed E-state index contributed by atoms with van der Waals surface area (Å²) in [5.74, 6) is 0.944. The van der Waals surface area contributed by atoms with E-state index in [2.05, 4.69) is 97.2 Å². The maximum absolute atomic E-state index is 6.23. The van der Waals surface area contributed by atoms with Crippen LogP contribution < -0.4 is 10.1 Å². The number of aryl methyl sites for hydroxylation is 1. The van der Waals surface area contributed by atoms with Crippen LogP contribution in [-0.2, 0) is 19.7 Å². The first kappa shape index (κ1) is 20.9. The Kier molecular flexibility index (Phi) is 7.29. The number of fused-ring (bicyclic) bond motifs is 1. The zero-order valence-electron chi connectivity index (χ0n) is 16.6. The van der Waals surface area contributed by atoms with Crippen LogP contribution in [0.1, 0.15) is 22.3 Å². The van der Waals surface area contributed by atoms with Gasteiger partial charge >= 0.3 is 0 Å². The van der Waals surface area contributed by atoms with E-state index in [0.717, 1.165) is 18.8 Å². The predicted octanol–water partition coefficient (Wildman–Crippen LogP) is 6.44. The standard InChI is InChI=1S/C26H25NO.ClH/c1-20-11-13-22(14-12-20)19-28-26-16-15-23-9-5-6-10-24(23)25(26)18-27-17-21-7-3-2-4-8-21;/h2-16,27H,17-19H2,1H3;1H. The van der Waals surface area contributed by atoms with Gasteiger partial charge in [-0.2, -0.15) is 0 Å². The molecule has 0 fully saturated rings. The molecule has 0 spiro atoms. The monoisotopic (exact) mass is 403 g/mol. The minimum atomic E-state index is 0. The van der Waals surface area contributed by atoms with Gasteiger partial charge in [-0.1, -0.05) is 90.5 Å². The molecule has 0 aliphatic heterocycles. The Morgan fingerprint density at radius 1 is 0.690 bits per heavy atom. The van der Waals surface area contributed by atoms with Gasteiger partial charge in [0.1, 0.15) is 12.4 Å². The molecule has 0 amide bonds. The minimum Gasteiger partial charge on any atom is -0.489 e. The van der Waals surface area contributed by atoms with Crippen molar-refractivity contribution in [3.05, 3.63) is 113 Å². The van der Waals surface area contributed by atoms with Crippen molar-refractivity contribution < 1.29 is 4.74 Å². The summed E-state index contributed by atoms with van der Waals surface area (Å²) in [7, 11) is 0. The zero-order valence-corrected chi connectivity index (χ0v) is 17.4. The van der Waals surface area contributed by atoms with Crippen molar-refractivity contribution in [1.82, 2.24) is 5.32 Å². The number of ether oxygens (including phenoxy) is 1. The highest BCUT2D eigenvalue weighted by atomic mass is 35.5. The number of hydrogen-bond acceptors (Lipinski definition) is 2. The van der Waals surface area contributed by atoms with Crippen LogP contribution in [0.4, 0.5) is 0 Å². The van der Waals surface area contributed by atoms with E-state index in [0.29, 0.717) is 6.61 Å². The molecule has 0 unspecified atom stereocenters. The number of halogens is 1. The van der Waals surface area contributed by atoms with E-state index < -0.39 is 0 Å². The molecule has 2 nitrogen and oxygen atoms in total. The quantitative estimate of drug-likeness (QED) is 0.383. The summed E-state index contributed by atoms with van der Waals surface area (Å²) in [5.41, 5.74) is 4.94. The van der Waals surface area contributed by atoms with Gasteiger partial charge in [-0.05, 0) is 34.9 Å². The summed E-state index contributed by atoms with van der Waals surface area (Å²) in [6, 6.07) is 31.7. The van der Waals surface area contributed by atoms with Crippen molar-refractivity contribution in [2.45, 2.75) is 26.6 Å². The van der Waals surface area contributed by atoms with Gasteiger partial charge in [0, 0.05) is 18.7 Å². The molecule has 0 aliphatic carbocycles. The Balaban J connectivity index is 0.00000240. The lowest BCUT2D eigenvalue weighted by Crippen LogP contribution is -2.14. The molecule has 0 atom stereocenters. The summed E-state index contributed by atoms with van der Waals surface area (Å²) in [5, 5.41) is 6.05. The van der Waals surface area contributed by atoms with Crippen molar-refractivity contribution in [1.29, 1.82) is 0 Å². The second-order valence-corrected chi connectivity index (χ2v) is 7.13. The molecular formula is C26H26ClNO. The molecule has 0 aromatic heterocycles. The zero-order chi connectivity index (χ0) is 19.2. The molecule has 4 aromatic rings. The molecule has 0 saturated carbocycles. The molecule has 0 radical (unpaired) electrons. The minimum absolute atomic E-state index is 0. The number of rotatable bonds is 7. The Morgan fingerprint density at radius 2 is 1.41 bits per heavy atom. The lowest BCUT2D eigenvalue weighted by molar-refractivity contribution is 0.302. The third kappa shape index (κ3) is 5.38. The maximum Gasteiger partial charge on any atom is 0.124 e. The Labute approximate surface area is 179 Å². The molecule has 0 aliphatic rings. The van der Waals surface area contributed by atoms with Gasteiger partial charge in [0.15, 0.2) is 0 Å². The number of benzene rings is 4. The van der Waals surface area contributed by atoms with Crippen LogP contribution in [0.15, 0.2) is 91.0 Å². The topological polar surface area (TPSA) is 21.3 Å². The summed E-state index contributed by atoms with van der Waals surface area (Å²) in [6.45, 7) is 4.27. The molecule has 0 bridgehead atoms. The average molecular weight is 404 g/mol. The first-order valence-electron chi connectivity index (χ1n) is 9.73. The highest BCUT2D eigenvalue weighted by Crippen LogP contribution is 2.29. The van der Waals surface area contributed by atoms with Gasteiger partial charge in [-0.3, -0.25) is 0 Å². The van der Waals surface area contributed by atoms with Gasteiger partial charge < -0.3 is 10.1 Å². The van der Waals surface area contributed by atoms with Crippen LogP contribution in [-0.4, -0.2) is 0 Å². The largest absolute Gasteiger partial charge is 0.489 e. The smallest absolute Gasteiger partial charge is 0.124 e. The Bertz CT molecular complexity index is 1050. The van der Waals surface area contributed by atoms with Gasteiger partial charge in [0.2, 0.25) is 0 Å². The fourth-order valence-electron chi connectivity index (χ4n) is 3.41. The lowest BCUT2D eigenvalue weighted by atomic mass is 10.0. The third-order valence-corrected chi connectivity index (χ3v) is 4.99. The van der Waals surface area contributed by atoms with Crippen LogP contribution in [0.5, 0.6) is 5.75 Å². The maximum atomic E-state index is 6.23. The number of hydrogen-bond donors (Lipinski definition) is 1. The van der Waals surface area contributed by atoms with E-state index in [1.807, 2.05) is 6.07 Å². The SMILES string of the molecule is Cc1ccc(COc2ccc3ccccc3c2CNCc2ccccc2)cc1.Cl. The first-order valence-corrected chi connectivity index (χ1v) is 9.73. The van der Waals surface area contributed by atoms with Crippen LogP contribution in [0.2, 0.25) is 0 Å². The fourth-order valence-corrected chi connectivity index (χ4v) is 3.41. The Hall–Kier alpha value is -2.81. The molecule has 0 saturated heterocycles. The summed E-state index contributed by atoms with van der Waals surface area (Å²) in [4.78, 5) is 0. The van der Waals surface area contributed by atoms with E-state index in [1.54, 1.807) is 0 Å². The van der Waals surface area contributed by atoms with Crippen LogP contribution in [0, 0.1) is 6.92 Å². The van der Waals surface area contributed by atoms with Crippen molar-refractivity contribution in [3.63, 3.8) is 0 Å². The van der Waals surface area contributed by atoms with E-state index in [4.69, 9.17) is 4.74 Å². The van der Waals surface area contributed by atoms with Crippen molar-refractivity contribution in [2.75, 3.05) is 0 Å². The van der Waals surface area contributed by atoms with Gasteiger partial charge in [-0.25, -0.2) is 0 Å². The van der Waals surface area contributed by atoms with Crippen LogP contribution in [0.3, 0.4) is 0 Å². The number of nitrogens with one attached hydrogen (secondary N) is 1. The van der Waals surface area contributed by atoms with Gasteiger partial charge in [-0.15, -0.1) is 12.4 Å². The fraction of sp³-hybridized carbons (Fsp3) is 0.154. The highest BCUT2D eigenvalue weighted by Gasteiger charge is 2.09. The van der Waals surface area contributed by atoms with Crippen molar-refractivity contribution in [3.8, 4) is 5.75 Å². The van der Waals surface area contributed by atoms with E-state index in [1.165, 1.54) is 33.0 Å². The Morgan fingerprint density at radius 3 is 2.21 bits per heavy atom. The van der Waals surface area contributed by atoms with E-state index >= 15 is 0 Å². The third-order valence-electron chi connectivity index (χ3n) is 4.99. The van der Waals surface area contributed by atoms with Crippen molar-refractivity contribution >= 4 is 23.2 Å². The highest BCUT2D eigenvalue weighted by molar-refractivity contribution is 5.87. The molecule has 4 rings (SSSR count). The first-order chi connectivity index (χ1) is 13.8. The van der Waals surface area contributed by atoms with Gasteiger partial charge in [0.05, 0.1) is 0 Å². The van der Waals surface area contributed by atoms with Crippen LogP contribution in [0.25, 0.3) is 10.8 Å².